The van der Waals surface area contributed by atoms with Crippen LogP contribution in [0.25, 0.3) is 0 Å². The highest BCUT2D eigenvalue weighted by molar-refractivity contribution is 7.90. The van der Waals surface area contributed by atoms with Crippen molar-refractivity contribution in [2.24, 2.45) is 4.99 Å². The molecule has 0 bridgehead atoms. The molecule has 5 nitrogen and oxygen atoms in total. The minimum absolute atomic E-state index is 0.0426. The van der Waals surface area contributed by atoms with Crippen molar-refractivity contribution in [1.29, 1.82) is 0 Å². The van der Waals surface area contributed by atoms with Gasteiger partial charge in [0, 0.05) is 31.8 Å². The van der Waals surface area contributed by atoms with Gasteiger partial charge in [0.05, 0.1) is 5.75 Å². The lowest BCUT2D eigenvalue weighted by atomic mass is 9.84. The van der Waals surface area contributed by atoms with Gasteiger partial charge >= 0.3 is 0 Å². The van der Waals surface area contributed by atoms with Crippen molar-refractivity contribution in [2.45, 2.75) is 19.3 Å². The van der Waals surface area contributed by atoms with Crippen LogP contribution in [0.15, 0.2) is 29.3 Å². The number of sulfone groups is 1. The zero-order valence-corrected chi connectivity index (χ0v) is 14.3. The molecule has 7 heteroatoms. The molecule has 0 aromatic heterocycles. The van der Waals surface area contributed by atoms with E-state index in [0.29, 0.717) is 19.0 Å². The Bertz CT molecular complexity index is 627. The minimum Gasteiger partial charge on any atom is -0.356 e. The molecule has 0 atom stereocenters. The monoisotopic (exact) mass is 329 g/mol. The van der Waals surface area contributed by atoms with Crippen molar-refractivity contribution in [3.63, 3.8) is 0 Å². The molecule has 22 heavy (non-hydrogen) atoms. The first-order chi connectivity index (χ1) is 10.1. The number of nitrogens with zero attached hydrogens (tertiary/aromatic N) is 1. The number of halogens is 1. The first kappa shape index (κ1) is 18.4. The smallest absolute Gasteiger partial charge is 0.191 e. The van der Waals surface area contributed by atoms with E-state index in [1.807, 2.05) is 19.9 Å². The predicted molar refractivity (Wildman–Crippen MR) is 88.5 cm³/mol. The molecule has 0 spiro atoms. The molecule has 0 heterocycles. The molecule has 0 amide bonds. The minimum atomic E-state index is -3.01. The van der Waals surface area contributed by atoms with E-state index in [-0.39, 0.29) is 17.0 Å². The van der Waals surface area contributed by atoms with Crippen LogP contribution < -0.4 is 10.6 Å². The van der Waals surface area contributed by atoms with Gasteiger partial charge in [0.15, 0.2) is 5.96 Å². The molecule has 0 fully saturated rings. The van der Waals surface area contributed by atoms with E-state index in [2.05, 4.69) is 15.6 Å². The van der Waals surface area contributed by atoms with Crippen LogP contribution >= 0.6 is 0 Å². The molecule has 1 aromatic rings. The molecule has 124 valence electrons. The Balaban J connectivity index is 2.58. The Morgan fingerprint density at radius 2 is 2.00 bits per heavy atom. The molecule has 2 N–H and O–H groups in total. The fraction of sp³-hybridized carbons (Fsp3) is 0.533. The average Bonchev–Trinajstić information content (AvgIpc) is 2.41. The zero-order valence-electron chi connectivity index (χ0n) is 13.5. The lowest BCUT2D eigenvalue weighted by Gasteiger charge is -2.26. The SMILES string of the molecule is CN=C(NCCS(C)(=O)=O)NCC(C)(C)c1cccc(F)c1. The number of hydrogen-bond donors (Lipinski definition) is 2. The molecule has 0 radical (unpaired) electrons. The van der Waals surface area contributed by atoms with E-state index in [1.165, 1.54) is 18.4 Å². The highest BCUT2D eigenvalue weighted by Gasteiger charge is 2.21. The van der Waals surface area contributed by atoms with Crippen molar-refractivity contribution in [3.8, 4) is 0 Å². The van der Waals surface area contributed by atoms with Crippen molar-refractivity contribution < 1.29 is 12.8 Å². The van der Waals surface area contributed by atoms with Gasteiger partial charge in [-0.2, -0.15) is 0 Å². The van der Waals surface area contributed by atoms with E-state index in [4.69, 9.17) is 0 Å². The summed E-state index contributed by atoms with van der Waals surface area (Å²) in [5.41, 5.74) is 0.586. The van der Waals surface area contributed by atoms with Crippen molar-refractivity contribution in [2.75, 3.05) is 32.1 Å². The van der Waals surface area contributed by atoms with Crippen molar-refractivity contribution in [1.82, 2.24) is 10.6 Å². The third kappa shape index (κ3) is 6.43. The number of nitrogens with one attached hydrogen (secondary N) is 2. The molecular weight excluding hydrogens is 305 g/mol. The number of hydrogen-bond acceptors (Lipinski definition) is 3. The first-order valence-electron chi connectivity index (χ1n) is 7.02. The van der Waals surface area contributed by atoms with Crippen molar-refractivity contribution >= 4 is 15.8 Å². The van der Waals surface area contributed by atoms with E-state index in [1.54, 1.807) is 13.1 Å². The van der Waals surface area contributed by atoms with Crippen LogP contribution in [0, 0.1) is 5.82 Å². The summed E-state index contributed by atoms with van der Waals surface area (Å²) in [5.74, 6) is 0.301. The standard InChI is InChI=1S/C15H24FN3O2S/c1-15(2,12-6-5-7-13(16)10-12)11-19-14(17-3)18-8-9-22(4,20)21/h5-7,10H,8-9,11H2,1-4H3,(H2,17,18,19). The molecule has 1 rings (SSSR count). The molecule has 1 aromatic carbocycles. The van der Waals surface area contributed by atoms with E-state index < -0.39 is 9.84 Å². The Morgan fingerprint density at radius 3 is 2.55 bits per heavy atom. The van der Waals surface area contributed by atoms with Crippen LogP contribution in [0.2, 0.25) is 0 Å². The third-order valence-corrected chi connectivity index (χ3v) is 4.24. The average molecular weight is 329 g/mol. The summed E-state index contributed by atoms with van der Waals surface area (Å²) < 4.78 is 35.5. The van der Waals surface area contributed by atoms with E-state index in [0.717, 1.165) is 5.56 Å². The maximum absolute atomic E-state index is 13.3. The molecule has 0 aliphatic rings. The Kier molecular flexibility index (Phi) is 6.34. The molecule has 0 unspecified atom stereocenters. The van der Waals surface area contributed by atoms with Gasteiger partial charge in [-0.15, -0.1) is 0 Å². The molecule has 0 saturated carbocycles. The van der Waals surface area contributed by atoms with Crippen LogP contribution in [0.5, 0.6) is 0 Å². The molecule has 0 aliphatic carbocycles. The third-order valence-electron chi connectivity index (χ3n) is 3.29. The highest BCUT2D eigenvalue weighted by Crippen LogP contribution is 2.22. The first-order valence-corrected chi connectivity index (χ1v) is 9.08. The second-order valence-corrected chi connectivity index (χ2v) is 8.14. The van der Waals surface area contributed by atoms with Gasteiger partial charge in [-0.1, -0.05) is 26.0 Å². The topological polar surface area (TPSA) is 70.6 Å². The summed E-state index contributed by atoms with van der Waals surface area (Å²) in [5, 5.41) is 6.08. The Morgan fingerprint density at radius 1 is 1.32 bits per heavy atom. The second kappa shape index (κ2) is 7.58. The van der Waals surface area contributed by atoms with Gasteiger partial charge in [-0.3, -0.25) is 4.99 Å². The summed E-state index contributed by atoms with van der Waals surface area (Å²) in [6, 6.07) is 6.50. The van der Waals surface area contributed by atoms with Crippen LogP contribution in [-0.2, 0) is 15.3 Å². The van der Waals surface area contributed by atoms with Gasteiger partial charge in [-0.05, 0) is 17.7 Å². The van der Waals surface area contributed by atoms with Crippen LogP contribution in [0.4, 0.5) is 4.39 Å². The maximum atomic E-state index is 13.3. The zero-order chi connectivity index (χ0) is 16.8. The van der Waals surface area contributed by atoms with Crippen LogP contribution in [0.3, 0.4) is 0 Å². The number of benzene rings is 1. The summed E-state index contributed by atoms with van der Waals surface area (Å²) >= 11 is 0. The van der Waals surface area contributed by atoms with Gasteiger partial charge in [-0.25, -0.2) is 12.8 Å². The number of rotatable bonds is 6. The number of aliphatic imine (C=N–C) groups is 1. The van der Waals surface area contributed by atoms with E-state index in [9.17, 15) is 12.8 Å². The summed E-state index contributed by atoms with van der Waals surface area (Å²) in [6.07, 6.45) is 1.19. The lowest BCUT2D eigenvalue weighted by Crippen LogP contribution is -2.44. The van der Waals surface area contributed by atoms with E-state index >= 15 is 0 Å². The largest absolute Gasteiger partial charge is 0.356 e. The van der Waals surface area contributed by atoms with Gasteiger partial charge in [0.1, 0.15) is 15.7 Å². The molecule has 0 aliphatic heterocycles. The molecular formula is C15H24FN3O2S. The fourth-order valence-corrected chi connectivity index (χ4v) is 2.36. The van der Waals surface area contributed by atoms with Gasteiger partial charge in [0.25, 0.3) is 0 Å². The Labute approximate surface area is 132 Å². The number of guanidine groups is 1. The summed E-state index contributed by atoms with van der Waals surface area (Å²) in [4.78, 5) is 4.05. The predicted octanol–water partition coefficient (Wildman–Crippen LogP) is 1.31. The van der Waals surface area contributed by atoms with Gasteiger partial charge < -0.3 is 10.6 Å². The molecule has 0 saturated heterocycles. The second-order valence-electron chi connectivity index (χ2n) is 5.88. The van der Waals surface area contributed by atoms with Crippen molar-refractivity contribution in [3.05, 3.63) is 35.6 Å². The van der Waals surface area contributed by atoms with Crippen LogP contribution in [0.1, 0.15) is 19.4 Å². The summed E-state index contributed by atoms with van der Waals surface area (Å²) in [7, 11) is -1.39. The van der Waals surface area contributed by atoms with Crippen LogP contribution in [-0.4, -0.2) is 46.5 Å². The fourth-order valence-electron chi connectivity index (χ4n) is 1.89. The quantitative estimate of drug-likeness (QED) is 0.610. The maximum Gasteiger partial charge on any atom is 0.191 e. The lowest BCUT2D eigenvalue weighted by molar-refractivity contribution is 0.503. The van der Waals surface area contributed by atoms with Gasteiger partial charge in [0.2, 0.25) is 0 Å². The Hall–Kier alpha value is -1.63. The summed E-state index contributed by atoms with van der Waals surface area (Å²) in [6.45, 7) is 4.82. The highest BCUT2D eigenvalue weighted by atomic mass is 32.2. The normalized spacial score (nSPS) is 13.0.